The lowest BCUT2D eigenvalue weighted by Crippen LogP contribution is -2.24. The van der Waals surface area contributed by atoms with Crippen LogP contribution in [0.5, 0.6) is 11.5 Å². The number of amides is 2. The number of carbonyl (C=O) groups is 2. The van der Waals surface area contributed by atoms with Crippen LogP contribution in [0.4, 0.5) is 4.79 Å². The molecule has 2 aromatic rings. The van der Waals surface area contributed by atoms with Gasteiger partial charge in [0.15, 0.2) is 0 Å². The van der Waals surface area contributed by atoms with Gasteiger partial charge in [0, 0.05) is 6.42 Å². The molecule has 0 aromatic heterocycles. The zero-order valence-corrected chi connectivity index (χ0v) is 17.4. The fraction of sp³-hybridized carbons (Fsp3) is 0.300. The Morgan fingerprint density at radius 3 is 2.07 bits per heavy atom. The van der Waals surface area contributed by atoms with Crippen molar-refractivity contribution in [1.82, 2.24) is 5.32 Å². The highest BCUT2D eigenvalue weighted by atomic mass is 32.2. The molecule has 2 aromatic carbocycles. The summed E-state index contributed by atoms with van der Waals surface area (Å²) in [5.74, 6) is 0.815. The summed E-state index contributed by atoms with van der Waals surface area (Å²) in [5, 5.41) is 1.70. The van der Waals surface area contributed by atoms with Crippen molar-refractivity contribution in [3.8, 4) is 11.5 Å². The summed E-state index contributed by atoms with van der Waals surface area (Å²) in [4.78, 5) is 22.7. The molecule has 9 heteroatoms. The van der Waals surface area contributed by atoms with Crippen LogP contribution in [-0.4, -0.2) is 37.7 Å². The van der Waals surface area contributed by atoms with Crippen molar-refractivity contribution in [1.29, 1.82) is 0 Å². The Morgan fingerprint density at radius 2 is 1.52 bits per heavy atom. The van der Waals surface area contributed by atoms with Crippen molar-refractivity contribution in [3.63, 3.8) is 0 Å². The fourth-order valence-electron chi connectivity index (χ4n) is 2.81. The molecule has 7 nitrogen and oxygen atoms in total. The van der Waals surface area contributed by atoms with E-state index in [9.17, 15) is 18.0 Å². The summed E-state index contributed by atoms with van der Waals surface area (Å²) >= 11 is 1.05. The minimum absolute atomic E-state index is 0.212. The van der Waals surface area contributed by atoms with Gasteiger partial charge in [0.25, 0.3) is 5.24 Å². The van der Waals surface area contributed by atoms with Crippen LogP contribution in [0.2, 0.25) is 0 Å². The summed E-state index contributed by atoms with van der Waals surface area (Å²) < 4.78 is 32.7. The topological polar surface area (TPSA) is 98.8 Å². The highest BCUT2D eigenvalue weighted by Crippen LogP contribution is 2.24. The number of benzene rings is 2. The number of hydrogen-bond donors (Lipinski definition) is 1. The zero-order chi connectivity index (χ0) is 20.9. The standard InChI is InChI=1S/C20H21NO6S2/c1-29(24,25)27-17-9-4-15(5-10-17)12-13-26-16-7-2-14(3-8-16)6-11-18-19(22)21-20(23)28-18/h2-5,7-10,18H,6,11-13H2,1H3,(H,21,22,23). The molecule has 29 heavy (non-hydrogen) atoms. The Hall–Kier alpha value is -2.52. The summed E-state index contributed by atoms with van der Waals surface area (Å²) in [5.41, 5.74) is 2.08. The molecule has 1 unspecified atom stereocenters. The molecule has 1 N–H and O–H groups in total. The lowest BCUT2D eigenvalue weighted by molar-refractivity contribution is -0.119. The van der Waals surface area contributed by atoms with E-state index in [4.69, 9.17) is 8.92 Å². The molecule has 2 amide bonds. The van der Waals surface area contributed by atoms with Gasteiger partial charge in [-0.1, -0.05) is 36.0 Å². The van der Waals surface area contributed by atoms with Gasteiger partial charge in [0.05, 0.1) is 18.1 Å². The van der Waals surface area contributed by atoms with Crippen LogP contribution < -0.4 is 14.2 Å². The van der Waals surface area contributed by atoms with Gasteiger partial charge >= 0.3 is 10.1 Å². The van der Waals surface area contributed by atoms with Crippen molar-refractivity contribution in [2.24, 2.45) is 0 Å². The summed E-state index contributed by atoms with van der Waals surface area (Å²) in [6, 6.07) is 14.5. The second kappa shape index (κ2) is 9.32. The van der Waals surface area contributed by atoms with E-state index in [-0.39, 0.29) is 22.1 Å². The number of rotatable bonds is 9. The maximum Gasteiger partial charge on any atom is 0.306 e. The SMILES string of the molecule is CS(=O)(=O)Oc1ccc(CCOc2ccc(CCC3SC(=O)NC3=O)cc2)cc1. The van der Waals surface area contributed by atoms with Crippen molar-refractivity contribution < 1.29 is 26.9 Å². The van der Waals surface area contributed by atoms with Crippen LogP contribution in [0.3, 0.4) is 0 Å². The minimum Gasteiger partial charge on any atom is -0.493 e. The van der Waals surface area contributed by atoms with Gasteiger partial charge in [-0.05, 0) is 48.2 Å². The third kappa shape index (κ3) is 6.79. The number of carbonyl (C=O) groups excluding carboxylic acids is 2. The Morgan fingerprint density at radius 1 is 0.931 bits per heavy atom. The lowest BCUT2D eigenvalue weighted by Gasteiger charge is -2.09. The third-order valence-electron chi connectivity index (χ3n) is 4.22. The first-order valence-corrected chi connectivity index (χ1v) is 11.7. The number of thioether (sulfide) groups is 1. The highest BCUT2D eigenvalue weighted by molar-refractivity contribution is 8.15. The Balaban J connectivity index is 1.42. The van der Waals surface area contributed by atoms with Crippen LogP contribution in [0.25, 0.3) is 0 Å². The zero-order valence-electron chi connectivity index (χ0n) is 15.8. The molecule has 0 radical (unpaired) electrons. The van der Waals surface area contributed by atoms with Crippen molar-refractivity contribution >= 4 is 33.0 Å². The number of aryl methyl sites for hydroxylation is 1. The fourth-order valence-corrected chi connectivity index (χ4v) is 4.09. The second-order valence-corrected chi connectivity index (χ2v) is 9.35. The van der Waals surface area contributed by atoms with Crippen LogP contribution in [0.15, 0.2) is 48.5 Å². The maximum absolute atomic E-state index is 11.6. The van der Waals surface area contributed by atoms with E-state index in [0.717, 1.165) is 34.9 Å². The third-order valence-corrected chi connectivity index (χ3v) is 5.76. The van der Waals surface area contributed by atoms with Gasteiger partial charge in [-0.2, -0.15) is 8.42 Å². The number of ether oxygens (including phenoxy) is 1. The quantitative estimate of drug-likeness (QED) is 0.605. The first kappa shape index (κ1) is 21.2. The van der Waals surface area contributed by atoms with Crippen molar-refractivity contribution in [3.05, 3.63) is 59.7 Å². The molecule has 154 valence electrons. The normalized spacial score (nSPS) is 16.5. The molecule has 1 atom stereocenters. The van der Waals surface area contributed by atoms with Gasteiger partial charge < -0.3 is 8.92 Å². The minimum atomic E-state index is -3.52. The molecular weight excluding hydrogens is 414 g/mol. The van der Waals surface area contributed by atoms with Gasteiger partial charge in [0.2, 0.25) is 5.91 Å². The average molecular weight is 436 g/mol. The van der Waals surface area contributed by atoms with E-state index >= 15 is 0 Å². The van der Waals surface area contributed by atoms with E-state index in [1.807, 2.05) is 24.3 Å². The first-order chi connectivity index (χ1) is 13.8. The molecular formula is C20H21NO6S2. The Labute approximate surface area is 173 Å². The molecule has 1 aliphatic rings. The lowest BCUT2D eigenvalue weighted by atomic mass is 10.1. The number of hydrogen-bond acceptors (Lipinski definition) is 7. The second-order valence-electron chi connectivity index (χ2n) is 6.60. The molecule has 0 bridgehead atoms. The average Bonchev–Trinajstić information content (AvgIpc) is 2.98. The summed E-state index contributed by atoms with van der Waals surface area (Å²) in [6.07, 6.45) is 3.00. The molecule has 1 saturated heterocycles. The van der Waals surface area contributed by atoms with E-state index in [1.54, 1.807) is 24.3 Å². The van der Waals surface area contributed by atoms with Crippen LogP contribution in [0.1, 0.15) is 17.5 Å². The van der Waals surface area contributed by atoms with E-state index in [2.05, 4.69) is 5.32 Å². The van der Waals surface area contributed by atoms with Crippen LogP contribution in [0, 0.1) is 0 Å². The summed E-state index contributed by atoms with van der Waals surface area (Å²) in [7, 11) is -3.52. The summed E-state index contributed by atoms with van der Waals surface area (Å²) in [6.45, 7) is 0.479. The molecule has 1 aliphatic heterocycles. The number of imide groups is 1. The molecule has 0 aliphatic carbocycles. The maximum atomic E-state index is 11.6. The highest BCUT2D eigenvalue weighted by Gasteiger charge is 2.30. The van der Waals surface area contributed by atoms with E-state index in [1.165, 1.54) is 0 Å². The largest absolute Gasteiger partial charge is 0.493 e. The predicted molar refractivity (Wildman–Crippen MR) is 111 cm³/mol. The first-order valence-electron chi connectivity index (χ1n) is 9.00. The van der Waals surface area contributed by atoms with Crippen molar-refractivity contribution in [2.75, 3.05) is 12.9 Å². The van der Waals surface area contributed by atoms with Crippen LogP contribution in [-0.2, 0) is 27.8 Å². The smallest absolute Gasteiger partial charge is 0.306 e. The van der Waals surface area contributed by atoms with Gasteiger partial charge in [-0.3, -0.25) is 14.9 Å². The molecule has 0 saturated carbocycles. The molecule has 1 heterocycles. The predicted octanol–water partition coefficient (Wildman–Crippen LogP) is 2.93. The number of nitrogens with one attached hydrogen (secondary N) is 1. The Kier molecular flexibility index (Phi) is 6.81. The van der Waals surface area contributed by atoms with Gasteiger partial charge in [-0.15, -0.1) is 0 Å². The molecule has 3 rings (SSSR count). The van der Waals surface area contributed by atoms with Gasteiger partial charge in [0.1, 0.15) is 11.5 Å². The Bertz CT molecular complexity index is 971. The van der Waals surface area contributed by atoms with E-state index in [0.29, 0.717) is 25.9 Å². The van der Waals surface area contributed by atoms with Gasteiger partial charge in [-0.25, -0.2) is 0 Å². The van der Waals surface area contributed by atoms with Crippen LogP contribution >= 0.6 is 11.8 Å². The van der Waals surface area contributed by atoms with Crippen molar-refractivity contribution in [2.45, 2.75) is 24.5 Å². The van der Waals surface area contributed by atoms with E-state index < -0.39 is 10.1 Å². The molecule has 1 fully saturated rings. The monoisotopic (exact) mass is 435 g/mol. The molecule has 0 spiro atoms.